The first-order chi connectivity index (χ1) is 12.3. The van der Waals surface area contributed by atoms with Crippen LogP contribution in [-0.2, 0) is 10.5 Å². The Labute approximate surface area is 162 Å². The molecule has 0 radical (unpaired) electrons. The summed E-state index contributed by atoms with van der Waals surface area (Å²) in [6, 6.07) is 0. The molecule has 0 aromatic carbocycles. The predicted molar refractivity (Wildman–Crippen MR) is 110 cm³/mol. The average molecular weight is 394 g/mol. The van der Waals surface area contributed by atoms with Crippen LogP contribution in [0.5, 0.6) is 0 Å². The first kappa shape index (κ1) is 19.4. The SMILES string of the molecule is Cc1sc2nc(CSC(C)C(=O)N3CC(C)CC(C)C3)[nH]c(=O)c2c1C. The Bertz CT molecular complexity index is 864. The number of hydrogen-bond donors (Lipinski definition) is 1. The predicted octanol–water partition coefficient (Wildman–Crippen LogP) is 3.73. The second-order valence-electron chi connectivity index (χ2n) is 7.62. The number of amides is 1. The lowest BCUT2D eigenvalue weighted by Crippen LogP contribution is -2.45. The van der Waals surface area contributed by atoms with Crippen molar-refractivity contribution in [2.75, 3.05) is 13.1 Å². The number of thiophene rings is 1. The van der Waals surface area contributed by atoms with E-state index in [9.17, 15) is 9.59 Å². The fourth-order valence-corrected chi connectivity index (χ4v) is 5.63. The summed E-state index contributed by atoms with van der Waals surface area (Å²) in [6.07, 6.45) is 1.19. The molecule has 26 heavy (non-hydrogen) atoms. The van der Waals surface area contributed by atoms with Gasteiger partial charge in [0, 0.05) is 18.0 Å². The number of carbonyl (C=O) groups is 1. The molecule has 142 valence electrons. The van der Waals surface area contributed by atoms with E-state index in [-0.39, 0.29) is 16.7 Å². The van der Waals surface area contributed by atoms with Gasteiger partial charge < -0.3 is 9.88 Å². The van der Waals surface area contributed by atoms with Crippen molar-refractivity contribution in [3.05, 3.63) is 26.6 Å². The molecule has 0 spiro atoms. The first-order valence-electron chi connectivity index (χ1n) is 9.15. The van der Waals surface area contributed by atoms with Crippen molar-refractivity contribution >= 4 is 39.2 Å². The van der Waals surface area contributed by atoms with E-state index in [0.29, 0.717) is 28.8 Å². The number of hydrogen-bond acceptors (Lipinski definition) is 5. The summed E-state index contributed by atoms with van der Waals surface area (Å²) in [5.74, 6) is 2.50. The van der Waals surface area contributed by atoms with Crippen molar-refractivity contribution in [2.24, 2.45) is 11.8 Å². The van der Waals surface area contributed by atoms with Gasteiger partial charge in [-0.3, -0.25) is 9.59 Å². The second kappa shape index (κ2) is 7.72. The van der Waals surface area contributed by atoms with Crippen molar-refractivity contribution in [1.29, 1.82) is 0 Å². The molecular weight excluding hydrogens is 366 g/mol. The number of aryl methyl sites for hydroxylation is 2. The van der Waals surface area contributed by atoms with Crippen LogP contribution in [0.1, 0.15) is 43.5 Å². The maximum atomic E-state index is 12.8. The average Bonchev–Trinajstić information content (AvgIpc) is 2.85. The van der Waals surface area contributed by atoms with Gasteiger partial charge in [-0.25, -0.2) is 4.98 Å². The Morgan fingerprint density at radius 3 is 2.65 bits per heavy atom. The van der Waals surface area contributed by atoms with E-state index in [0.717, 1.165) is 28.4 Å². The number of likely N-dealkylation sites (tertiary alicyclic amines) is 1. The molecule has 1 N–H and O–H groups in total. The van der Waals surface area contributed by atoms with E-state index in [4.69, 9.17) is 0 Å². The number of carbonyl (C=O) groups excluding carboxylic acids is 1. The molecule has 1 amide bonds. The zero-order valence-corrected chi connectivity index (χ0v) is 17.7. The number of nitrogens with zero attached hydrogens (tertiary/aromatic N) is 2. The highest BCUT2D eigenvalue weighted by atomic mass is 32.2. The van der Waals surface area contributed by atoms with E-state index < -0.39 is 0 Å². The first-order valence-corrected chi connectivity index (χ1v) is 11.0. The van der Waals surface area contributed by atoms with Crippen molar-refractivity contribution in [2.45, 2.75) is 52.0 Å². The molecule has 0 aliphatic carbocycles. The summed E-state index contributed by atoms with van der Waals surface area (Å²) < 4.78 is 0. The molecule has 0 bridgehead atoms. The lowest BCUT2D eigenvalue weighted by Gasteiger charge is -2.36. The number of thioether (sulfide) groups is 1. The maximum absolute atomic E-state index is 12.8. The molecule has 2 aromatic heterocycles. The van der Waals surface area contributed by atoms with Gasteiger partial charge in [0.15, 0.2) is 0 Å². The van der Waals surface area contributed by atoms with Crippen LogP contribution in [0.15, 0.2) is 4.79 Å². The lowest BCUT2D eigenvalue weighted by atomic mass is 9.92. The summed E-state index contributed by atoms with van der Waals surface area (Å²) in [7, 11) is 0. The number of aromatic nitrogens is 2. The molecule has 2 aromatic rings. The van der Waals surface area contributed by atoms with Gasteiger partial charge in [-0.05, 0) is 44.6 Å². The van der Waals surface area contributed by atoms with Crippen molar-refractivity contribution < 1.29 is 4.79 Å². The molecule has 7 heteroatoms. The highest BCUT2D eigenvalue weighted by Crippen LogP contribution is 2.27. The molecule has 3 heterocycles. The van der Waals surface area contributed by atoms with Crippen LogP contribution in [0.2, 0.25) is 0 Å². The molecule has 3 unspecified atom stereocenters. The fourth-order valence-electron chi connectivity index (χ4n) is 3.74. The molecule has 0 saturated carbocycles. The van der Waals surface area contributed by atoms with Crippen LogP contribution < -0.4 is 5.56 Å². The van der Waals surface area contributed by atoms with E-state index >= 15 is 0 Å². The standard InChI is InChI=1S/C19H27N3O2S2/c1-10-6-11(2)8-22(7-10)19(24)14(5)25-9-15-20-17(23)16-12(3)13(4)26-18(16)21-15/h10-11,14H,6-9H2,1-5H3,(H,20,21,23). The Hall–Kier alpha value is -1.34. The molecule has 1 fully saturated rings. The van der Waals surface area contributed by atoms with E-state index in [2.05, 4.69) is 23.8 Å². The van der Waals surface area contributed by atoms with Gasteiger partial charge in [0.1, 0.15) is 10.7 Å². The normalized spacial score (nSPS) is 22.0. The van der Waals surface area contributed by atoms with Gasteiger partial charge in [-0.2, -0.15) is 0 Å². The quantitative estimate of drug-likeness (QED) is 0.860. The highest BCUT2D eigenvalue weighted by molar-refractivity contribution is 7.99. The summed E-state index contributed by atoms with van der Waals surface area (Å²) in [6.45, 7) is 12.0. The van der Waals surface area contributed by atoms with Crippen molar-refractivity contribution in [3.8, 4) is 0 Å². The van der Waals surface area contributed by atoms with Crippen LogP contribution in [0.4, 0.5) is 0 Å². The smallest absolute Gasteiger partial charge is 0.259 e. The highest BCUT2D eigenvalue weighted by Gasteiger charge is 2.28. The van der Waals surface area contributed by atoms with Crippen molar-refractivity contribution in [1.82, 2.24) is 14.9 Å². The number of nitrogens with one attached hydrogen (secondary N) is 1. The molecule has 3 atom stereocenters. The monoisotopic (exact) mass is 393 g/mol. The summed E-state index contributed by atoms with van der Waals surface area (Å²) in [5.41, 5.74) is 0.931. The molecule has 5 nitrogen and oxygen atoms in total. The number of fused-ring (bicyclic) bond motifs is 1. The lowest BCUT2D eigenvalue weighted by molar-refractivity contribution is -0.132. The van der Waals surface area contributed by atoms with E-state index in [1.165, 1.54) is 6.42 Å². The number of piperidine rings is 1. The van der Waals surface area contributed by atoms with Gasteiger partial charge in [0.25, 0.3) is 5.56 Å². The largest absolute Gasteiger partial charge is 0.341 e. The number of H-pyrrole nitrogens is 1. The van der Waals surface area contributed by atoms with Gasteiger partial charge in [-0.1, -0.05) is 13.8 Å². The third-order valence-corrected chi connectivity index (χ3v) is 7.33. The molecule has 1 saturated heterocycles. The topological polar surface area (TPSA) is 66.1 Å². The Morgan fingerprint density at radius 2 is 2.00 bits per heavy atom. The van der Waals surface area contributed by atoms with E-state index in [1.807, 2.05) is 25.7 Å². The van der Waals surface area contributed by atoms with Gasteiger partial charge >= 0.3 is 0 Å². The van der Waals surface area contributed by atoms with Crippen LogP contribution >= 0.6 is 23.1 Å². The third kappa shape index (κ3) is 3.98. The van der Waals surface area contributed by atoms with Crippen molar-refractivity contribution in [3.63, 3.8) is 0 Å². The Kier molecular flexibility index (Phi) is 5.77. The summed E-state index contributed by atoms with van der Waals surface area (Å²) >= 11 is 3.10. The summed E-state index contributed by atoms with van der Waals surface area (Å²) in [5, 5.41) is 0.557. The van der Waals surface area contributed by atoms with Crippen LogP contribution in [0.3, 0.4) is 0 Å². The van der Waals surface area contributed by atoms with Gasteiger partial charge in [0.2, 0.25) is 5.91 Å². The molecule has 1 aliphatic heterocycles. The Balaban J connectivity index is 1.67. The summed E-state index contributed by atoms with van der Waals surface area (Å²) in [4.78, 5) is 36.5. The second-order valence-corrected chi connectivity index (χ2v) is 10.2. The zero-order valence-electron chi connectivity index (χ0n) is 16.1. The van der Waals surface area contributed by atoms with Gasteiger partial charge in [0.05, 0.1) is 16.4 Å². The van der Waals surface area contributed by atoms with Crippen LogP contribution in [-0.4, -0.2) is 39.1 Å². The van der Waals surface area contributed by atoms with Crippen LogP contribution in [0.25, 0.3) is 10.2 Å². The van der Waals surface area contributed by atoms with Gasteiger partial charge in [-0.15, -0.1) is 23.1 Å². The fraction of sp³-hybridized carbons (Fsp3) is 0.632. The minimum atomic E-state index is -0.139. The minimum Gasteiger partial charge on any atom is -0.341 e. The molecule has 1 aliphatic rings. The zero-order chi connectivity index (χ0) is 19.0. The van der Waals surface area contributed by atoms with Crippen LogP contribution in [0, 0.1) is 25.7 Å². The number of rotatable bonds is 4. The maximum Gasteiger partial charge on any atom is 0.259 e. The van der Waals surface area contributed by atoms with E-state index in [1.54, 1.807) is 23.1 Å². The number of aromatic amines is 1. The molecular formula is C19H27N3O2S2. The third-order valence-electron chi connectivity index (χ3n) is 5.09. The minimum absolute atomic E-state index is 0.0786. The Morgan fingerprint density at radius 1 is 1.35 bits per heavy atom. The molecule has 3 rings (SSSR count).